The Bertz CT molecular complexity index is 346. The third-order valence-electron chi connectivity index (χ3n) is 4.59. The van der Waals surface area contributed by atoms with E-state index in [2.05, 4.69) is 28.1 Å². The Morgan fingerprint density at radius 3 is 2.65 bits per heavy atom. The van der Waals surface area contributed by atoms with E-state index < -0.39 is 0 Å². The summed E-state index contributed by atoms with van der Waals surface area (Å²) in [5, 5.41) is 8.80. The van der Waals surface area contributed by atoms with E-state index >= 15 is 0 Å². The SMILES string of the molecule is CC1CCC(n2cc(C3CCCCC3)nn2)C1. The highest BCUT2D eigenvalue weighted by atomic mass is 15.4. The third-order valence-corrected chi connectivity index (χ3v) is 4.59. The van der Waals surface area contributed by atoms with Crippen LogP contribution >= 0.6 is 0 Å². The molecule has 3 rings (SSSR count). The van der Waals surface area contributed by atoms with E-state index in [1.807, 2.05) is 0 Å². The molecule has 0 saturated heterocycles. The van der Waals surface area contributed by atoms with Gasteiger partial charge in [0.15, 0.2) is 0 Å². The predicted molar refractivity (Wildman–Crippen MR) is 67.9 cm³/mol. The van der Waals surface area contributed by atoms with Crippen LogP contribution in [0.15, 0.2) is 6.20 Å². The number of hydrogen-bond acceptors (Lipinski definition) is 2. The summed E-state index contributed by atoms with van der Waals surface area (Å²) in [6.07, 6.45) is 12.9. The van der Waals surface area contributed by atoms with Gasteiger partial charge in [-0.05, 0) is 38.0 Å². The van der Waals surface area contributed by atoms with Crippen molar-refractivity contribution in [3.63, 3.8) is 0 Å². The van der Waals surface area contributed by atoms with Crippen molar-refractivity contribution in [1.82, 2.24) is 15.0 Å². The second kappa shape index (κ2) is 4.79. The van der Waals surface area contributed by atoms with E-state index in [-0.39, 0.29) is 0 Å². The van der Waals surface area contributed by atoms with Crippen LogP contribution in [0.3, 0.4) is 0 Å². The normalized spacial score (nSPS) is 30.9. The molecule has 2 saturated carbocycles. The van der Waals surface area contributed by atoms with Gasteiger partial charge in [0.2, 0.25) is 0 Å². The fourth-order valence-electron chi connectivity index (χ4n) is 3.47. The molecule has 94 valence electrons. The van der Waals surface area contributed by atoms with Crippen molar-refractivity contribution >= 4 is 0 Å². The second-order valence-corrected chi connectivity index (χ2v) is 6.03. The zero-order chi connectivity index (χ0) is 11.7. The van der Waals surface area contributed by atoms with E-state index in [4.69, 9.17) is 0 Å². The van der Waals surface area contributed by atoms with Crippen LogP contribution in [-0.2, 0) is 0 Å². The molecule has 2 unspecified atom stereocenters. The summed E-state index contributed by atoms with van der Waals surface area (Å²) < 4.78 is 2.15. The molecule has 0 radical (unpaired) electrons. The first-order valence-electron chi connectivity index (χ1n) is 7.24. The lowest BCUT2D eigenvalue weighted by Crippen LogP contribution is -2.06. The van der Waals surface area contributed by atoms with Crippen LogP contribution < -0.4 is 0 Å². The van der Waals surface area contributed by atoms with Gasteiger partial charge in [-0.2, -0.15) is 0 Å². The Hall–Kier alpha value is -0.860. The molecule has 17 heavy (non-hydrogen) atoms. The highest BCUT2D eigenvalue weighted by Crippen LogP contribution is 2.35. The molecule has 1 aromatic rings. The van der Waals surface area contributed by atoms with Crippen molar-refractivity contribution in [3.05, 3.63) is 11.9 Å². The molecule has 1 aromatic heterocycles. The molecule has 0 aromatic carbocycles. The third kappa shape index (κ3) is 2.38. The minimum absolute atomic E-state index is 0.620. The predicted octanol–water partition coefficient (Wildman–Crippen LogP) is 3.69. The summed E-state index contributed by atoms with van der Waals surface area (Å²) in [5.74, 6) is 1.55. The summed E-state index contributed by atoms with van der Waals surface area (Å²) in [6.45, 7) is 2.35. The molecular weight excluding hydrogens is 210 g/mol. The van der Waals surface area contributed by atoms with Gasteiger partial charge in [-0.15, -0.1) is 5.10 Å². The Morgan fingerprint density at radius 2 is 1.94 bits per heavy atom. The average molecular weight is 233 g/mol. The van der Waals surface area contributed by atoms with E-state index in [1.165, 1.54) is 57.1 Å². The van der Waals surface area contributed by atoms with Crippen molar-refractivity contribution in [1.29, 1.82) is 0 Å². The van der Waals surface area contributed by atoms with E-state index in [1.54, 1.807) is 0 Å². The largest absolute Gasteiger partial charge is 0.249 e. The highest BCUT2D eigenvalue weighted by Gasteiger charge is 2.25. The van der Waals surface area contributed by atoms with Crippen molar-refractivity contribution in [2.45, 2.75) is 70.3 Å². The first kappa shape index (κ1) is 11.2. The molecule has 0 aliphatic heterocycles. The zero-order valence-corrected chi connectivity index (χ0v) is 10.8. The lowest BCUT2D eigenvalue weighted by Gasteiger charge is -2.18. The number of aromatic nitrogens is 3. The molecule has 0 bridgehead atoms. The Balaban J connectivity index is 1.69. The molecule has 0 spiro atoms. The van der Waals surface area contributed by atoms with E-state index in [9.17, 15) is 0 Å². The molecule has 3 heteroatoms. The second-order valence-electron chi connectivity index (χ2n) is 6.03. The first-order valence-corrected chi connectivity index (χ1v) is 7.24. The van der Waals surface area contributed by atoms with Crippen LogP contribution in [0, 0.1) is 5.92 Å². The highest BCUT2D eigenvalue weighted by molar-refractivity contribution is 5.03. The smallest absolute Gasteiger partial charge is 0.0858 e. The fourth-order valence-corrected chi connectivity index (χ4v) is 3.47. The molecule has 2 aliphatic rings. The van der Waals surface area contributed by atoms with Crippen LogP contribution in [0.5, 0.6) is 0 Å². The molecule has 3 nitrogen and oxygen atoms in total. The van der Waals surface area contributed by atoms with Gasteiger partial charge in [-0.25, -0.2) is 4.68 Å². The summed E-state index contributed by atoms with van der Waals surface area (Å²) >= 11 is 0. The topological polar surface area (TPSA) is 30.7 Å². The molecule has 0 amide bonds. The van der Waals surface area contributed by atoms with Gasteiger partial charge in [-0.3, -0.25) is 0 Å². The lowest BCUT2D eigenvalue weighted by atomic mass is 9.87. The fraction of sp³-hybridized carbons (Fsp3) is 0.857. The monoisotopic (exact) mass is 233 g/mol. The Morgan fingerprint density at radius 1 is 1.12 bits per heavy atom. The summed E-state index contributed by atoms with van der Waals surface area (Å²) in [5.41, 5.74) is 1.25. The number of rotatable bonds is 2. The van der Waals surface area contributed by atoms with Gasteiger partial charge in [0, 0.05) is 12.1 Å². The molecular formula is C14H23N3. The first-order chi connectivity index (χ1) is 8.33. The van der Waals surface area contributed by atoms with Crippen LogP contribution in [0.1, 0.15) is 75.9 Å². The zero-order valence-electron chi connectivity index (χ0n) is 10.8. The van der Waals surface area contributed by atoms with Crippen LogP contribution in [0.2, 0.25) is 0 Å². The minimum atomic E-state index is 0.620. The molecule has 1 heterocycles. The number of hydrogen-bond donors (Lipinski definition) is 0. The van der Waals surface area contributed by atoms with Crippen molar-refractivity contribution in [3.8, 4) is 0 Å². The molecule has 2 aliphatic carbocycles. The van der Waals surface area contributed by atoms with Gasteiger partial charge < -0.3 is 0 Å². The van der Waals surface area contributed by atoms with Crippen LogP contribution in [-0.4, -0.2) is 15.0 Å². The van der Waals surface area contributed by atoms with Crippen LogP contribution in [0.25, 0.3) is 0 Å². The molecule has 2 fully saturated rings. The number of nitrogens with zero attached hydrogens (tertiary/aromatic N) is 3. The van der Waals surface area contributed by atoms with Crippen molar-refractivity contribution in [2.75, 3.05) is 0 Å². The maximum Gasteiger partial charge on any atom is 0.0858 e. The minimum Gasteiger partial charge on any atom is -0.249 e. The maximum atomic E-state index is 4.42. The standard InChI is InChI=1S/C14H23N3/c1-11-7-8-13(9-11)17-10-14(15-16-17)12-5-3-2-4-6-12/h10-13H,2-9H2,1H3. The quantitative estimate of drug-likeness (QED) is 0.780. The summed E-state index contributed by atoms with van der Waals surface area (Å²) in [4.78, 5) is 0. The average Bonchev–Trinajstić information content (AvgIpc) is 2.98. The Labute approximate surface area is 104 Å². The van der Waals surface area contributed by atoms with E-state index in [0.717, 1.165) is 5.92 Å². The summed E-state index contributed by atoms with van der Waals surface area (Å²) in [7, 11) is 0. The molecule has 0 N–H and O–H groups in total. The lowest BCUT2D eigenvalue weighted by molar-refractivity contribution is 0.436. The van der Waals surface area contributed by atoms with Crippen LogP contribution in [0.4, 0.5) is 0 Å². The van der Waals surface area contributed by atoms with E-state index in [0.29, 0.717) is 12.0 Å². The van der Waals surface area contributed by atoms with Crippen molar-refractivity contribution in [2.24, 2.45) is 5.92 Å². The Kier molecular flexibility index (Phi) is 3.17. The van der Waals surface area contributed by atoms with Gasteiger partial charge >= 0.3 is 0 Å². The van der Waals surface area contributed by atoms with Gasteiger partial charge in [0.05, 0.1) is 11.7 Å². The molecule has 2 atom stereocenters. The van der Waals surface area contributed by atoms with Gasteiger partial charge in [0.25, 0.3) is 0 Å². The van der Waals surface area contributed by atoms with Gasteiger partial charge in [0.1, 0.15) is 0 Å². The van der Waals surface area contributed by atoms with Crippen molar-refractivity contribution < 1.29 is 0 Å². The van der Waals surface area contributed by atoms with Gasteiger partial charge in [-0.1, -0.05) is 31.4 Å². The maximum absolute atomic E-state index is 4.42. The summed E-state index contributed by atoms with van der Waals surface area (Å²) in [6, 6.07) is 0.620.